The molecule has 0 saturated carbocycles. The highest BCUT2D eigenvalue weighted by Crippen LogP contribution is 2.28. The molecule has 1 atom stereocenters. The Hall–Kier alpha value is -2.51. The molecule has 148 valence electrons. The van der Waals surface area contributed by atoms with Crippen LogP contribution in [0.25, 0.3) is 0 Å². The summed E-state index contributed by atoms with van der Waals surface area (Å²) in [6, 6.07) is 8.88. The molecule has 28 heavy (non-hydrogen) atoms. The van der Waals surface area contributed by atoms with Crippen LogP contribution in [0.2, 0.25) is 0 Å². The maximum Gasteiger partial charge on any atom is 0.239 e. The number of carbonyl (C=O) groups is 2. The van der Waals surface area contributed by atoms with Gasteiger partial charge in [0.05, 0.1) is 5.69 Å². The van der Waals surface area contributed by atoms with Gasteiger partial charge in [-0.1, -0.05) is 6.07 Å². The van der Waals surface area contributed by atoms with Crippen LogP contribution in [0, 0.1) is 17.6 Å². The van der Waals surface area contributed by atoms with Crippen LogP contribution >= 0.6 is 12.4 Å². The van der Waals surface area contributed by atoms with E-state index in [1.807, 2.05) is 0 Å². The zero-order chi connectivity index (χ0) is 19.0. The molecule has 2 amide bonds. The van der Waals surface area contributed by atoms with Crippen molar-refractivity contribution in [1.29, 1.82) is 0 Å². The Morgan fingerprint density at radius 2 is 1.89 bits per heavy atom. The SMILES string of the molecule is Cl.O=C(Nc1ccc2c(c1F)CCNC2)C1CCN(c2ccc(F)cc2)C1=O. The predicted octanol–water partition coefficient (Wildman–Crippen LogP) is 3.02. The lowest BCUT2D eigenvalue weighted by Gasteiger charge is -2.20. The van der Waals surface area contributed by atoms with Gasteiger partial charge >= 0.3 is 0 Å². The van der Waals surface area contributed by atoms with E-state index in [4.69, 9.17) is 0 Å². The first-order valence-corrected chi connectivity index (χ1v) is 8.93. The third-order valence-electron chi connectivity index (χ3n) is 5.13. The summed E-state index contributed by atoms with van der Waals surface area (Å²) >= 11 is 0. The van der Waals surface area contributed by atoms with Crippen molar-refractivity contribution in [2.75, 3.05) is 23.3 Å². The number of carbonyl (C=O) groups excluding carboxylic acids is 2. The average molecular weight is 408 g/mol. The van der Waals surface area contributed by atoms with Crippen LogP contribution in [0.15, 0.2) is 36.4 Å². The number of hydrogen-bond acceptors (Lipinski definition) is 3. The van der Waals surface area contributed by atoms with Crippen molar-refractivity contribution in [3.8, 4) is 0 Å². The summed E-state index contributed by atoms with van der Waals surface area (Å²) in [5, 5.41) is 5.75. The number of hydrogen-bond donors (Lipinski definition) is 2. The van der Waals surface area contributed by atoms with Crippen LogP contribution in [0.1, 0.15) is 17.5 Å². The third-order valence-corrected chi connectivity index (χ3v) is 5.13. The molecule has 0 bridgehead atoms. The maximum absolute atomic E-state index is 14.7. The summed E-state index contributed by atoms with van der Waals surface area (Å²) in [7, 11) is 0. The van der Waals surface area contributed by atoms with E-state index in [-0.39, 0.29) is 24.0 Å². The van der Waals surface area contributed by atoms with Gasteiger partial charge in [0, 0.05) is 18.8 Å². The fourth-order valence-corrected chi connectivity index (χ4v) is 3.65. The number of nitrogens with zero attached hydrogens (tertiary/aromatic N) is 1. The number of benzene rings is 2. The molecule has 0 aliphatic carbocycles. The van der Waals surface area contributed by atoms with Gasteiger partial charge < -0.3 is 15.5 Å². The summed E-state index contributed by atoms with van der Waals surface area (Å²) in [6.45, 7) is 1.66. The fraction of sp³-hybridized carbons (Fsp3) is 0.300. The monoisotopic (exact) mass is 407 g/mol. The van der Waals surface area contributed by atoms with Crippen LogP contribution < -0.4 is 15.5 Å². The summed E-state index contributed by atoms with van der Waals surface area (Å²) in [5.74, 6) is -2.58. The molecule has 2 aromatic rings. The molecular formula is C20H20ClF2N3O2. The Kier molecular flexibility index (Phi) is 5.96. The number of fused-ring (bicyclic) bond motifs is 1. The Bertz CT molecular complexity index is 905. The molecule has 4 rings (SSSR count). The van der Waals surface area contributed by atoms with Crippen LogP contribution in [0.5, 0.6) is 0 Å². The van der Waals surface area contributed by atoms with E-state index in [0.29, 0.717) is 43.7 Å². The van der Waals surface area contributed by atoms with E-state index in [9.17, 15) is 18.4 Å². The Morgan fingerprint density at radius 1 is 1.14 bits per heavy atom. The smallest absolute Gasteiger partial charge is 0.239 e. The van der Waals surface area contributed by atoms with E-state index in [1.165, 1.54) is 35.2 Å². The van der Waals surface area contributed by atoms with E-state index in [1.54, 1.807) is 6.07 Å². The zero-order valence-electron chi connectivity index (χ0n) is 15.0. The summed E-state index contributed by atoms with van der Waals surface area (Å²) in [6.07, 6.45) is 0.893. The van der Waals surface area contributed by atoms with Crippen molar-refractivity contribution < 1.29 is 18.4 Å². The average Bonchev–Trinajstić information content (AvgIpc) is 3.06. The molecule has 8 heteroatoms. The van der Waals surface area contributed by atoms with Crippen molar-refractivity contribution in [1.82, 2.24) is 5.32 Å². The minimum atomic E-state index is -0.882. The van der Waals surface area contributed by atoms with Crippen LogP contribution in [0.3, 0.4) is 0 Å². The van der Waals surface area contributed by atoms with Crippen LogP contribution in [0.4, 0.5) is 20.2 Å². The van der Waals surface area contributed by atoms with Gasteiger partial charge in [0.25, 0.3) is 0 Å². The lowest BCUT2D eigenvalue weighted by molar-refractivity contribution is -0.129. The fourth-order valence-electron chi connectivity index (χ4n) is 3.65. The largest absolute Gasteiger partial charge is 0.323 e. The normalized spacial score (nSPS) is 18.4. The maximum atomic E-state index is 14.7. The zero-order valence-corrected chi connectivity index (χ0v) is 15.8. The summed E-state index contributed by atoms with van der Waals surface area (Å²) in [4.78, 5) is 26.6. The van der Waals surface area contributed by atoms with Gasteiger partial charge in [0.15, 0.2) is 0 Å². The topological polar surface area (TPSA) is 61.4 Å². The Balaban J connectivity index is 0.00000225. The third kappa shape index (κ3) is 3.72. The van der Waals surface area contributed by atoms with E-state index >= 15 is 0 Å². The van der Waals surface area contributed by atoms with E-state index in [2.05, 4.69) is 10.6 Å². The molecule has 2 N–H and O–H groups in total. The molecule has 1 unspecified atom stereocenters. The van der Waals surface area contributed by atoms with Gasteiger partial charge in [-0.3, -0.25) is 9.59 Å². The molecule has 2 aliphatic heterocycles. The highest BCUT2D eigenvalue weighted by molar-refractivity contribution is 6.13. The van der Waals surface area contributed by atoms with Crippen LogP contribution in [-0.2, 0) is 22.6 Å². The standard InChI is InChI=1S/C20H19F2N3O2.ClH/c21-13-2-4-14(5-3-13)25-10-8-16(20(25)27)19(26)24-17-6-1-12-11-23-9-7-15(12)18(17)22;/h1-6,16,23H,7-11H2,(H,24,26);1H. The number of amides is 2. The lowest BCUT2D eigenvalue weighted by Crippen LogP contribution is -2.33. The van der Waals surface area contributed by atoms with E-state index < -0.39 is 23.5 Å². The van der Waals surface area contributed by atoms with Crippen molar-refractivity contribution >= 4 is 35.6 Å². The van der Waals surface area contributed by atoms with Crippen molar-refractivity contribution in [2.45, 2.75) is 19.4 Å². The number of halogens is 3. The summed E-state index contributed by atoms with van der Waals surface area (Å²) < 4.78 is 27.8. The second-order valence-corrected chi connectivity index (χ2v) is 6.79. The number of anilines is 2. The molecule has 0 spiro atoms. The Labute approximate surface area is 167 Å². The predicted molar refractivity (Wildman–Crippen MR) is 105 cm³/mol. The first kappa shape index (κ1) is 20.2. The van der Waals surface area contributed by atoms with E-state index in [0.717, 1.165) is 5.56 Å². The molecule has 2 aliphatic rings. The summed E-state index contributed by atoms with van der Waals surface area (Å²) in [5.41, 5.74) is 2.14. The molecular weight excluding hydrogens is 388 g/mol. The van der Waals surface area contributed by atoms with Gasteiger partial charge in [-0.15, -0.1) is 12.4 Å². The van der Waals surface area contributed by atoms with Gasteiger partial charge in [-0.25, -0.2) is 8.78 Å². The molecule has 1 saturated heterocycles. The van der Waals surface area contributed by atoms with Gasteiger partial charge in [-0.05, 0) is 60.8 Å². The number of rotatable bonds is 3. The lowest BCUT2D eigenvalue weighted by atomic mass is 9.99. The second kappa shape index (κ2) is 8.24. The van der Waals surface area contributed by atoms with Gasteiger partial charge in [0.2, 0.25) is 11.8 Å². The molecule has 2 aromatic carbocycles. The van der Waals surface area contributed by atoms with Crippen LogP contribution in [-0.4, -0.2) is 24.9 Å². The molecule has 5 nitrogen and oxygen atoms in total. The first-order chi connectivity index (χ1) is 13.0. The minimum Gasteiger partial charge on any atom is -0.323 e. The second-order valence-electron chi connectivity index (χ2n) is 6.79. The quantitative estimate of drug-likeness (QED) is 0.769. The van der Waals surface area contributed by atoms with Crippen molar-refractivity contribution in [3.05, 3.63) is 59.2 Å². The highest BCUT2D eigenvalue weighted by Gasteiger charge is 2.38. The first-order valence-electron chi connectivity index (χ1n) is 8.93. The molecule has 1 fully saturated rings. The molecule has 2 heterocycles. The minimum absolute atomic E-state index is 0. The van der Waals surface area contributed by atoms with Crippen molar-refractivity contribution in [3.63, 3.8) is 0 Å². The highest BCUT2D eigenvalue weighted by atomic mass is 35.5. The van der Waals surface area contributed by atoms with Gasteiger partial charge in [0.1, 0.15) is 17.6 Å². The van der Waals surface area contributed by atoms with Gasteiger partial charge in [-0.2, -0.15) is 0 Å². The molecule has 0 radical (unpaired) electrons. The Morgan fingerprint density at radius 3 is 2.64 bits per heavy atom. The molecule has 0 aromatic heterocycles. The number of nitrogens with one attached hydrogen (secondary N) is 2. The van der Waals surface area contributed by atoms with Crippen molar-refractivity contribution in [2.24, 2.45) is 5.92 Å².